The van der Waals surface area contributed by atoms with Gasteiger partial charge in [0.05, 0.1) is 0 Å². The molecule has 0 fully saturated rings. The number of halogens is 4. The van der Waals surface area contributed by atoms with Crippen LogP contribution in [0.2, 0.25) is 0 Å². The molecule has 0 bridgehead atoms. The lowest BCUT2D eigenvalue weighted by molar-refractivity contribution is -0.130. The van der Waals surface area contributed by atoms with Crippen LogP contribution in [0.3, 0.4) is 0 Å². The molecular formula is C18H32Cl4N2O2. The number of carbonyl (C=O) groups is 2. The van der Waals surface area contributed by atoms with Gasteiger partial charge in [0.1, 0.15) is 0 Å². The lowest BCUT2D eigenvalue weighted by Crippen LogP contribution is -2.37. The Hall–Kier alpha value is 0.1000. The number of rotatable bonds is 15. The molecule has 0 N–H and O–H groups in total. The van der Waals surface area contributed by atoms with E-state index in [-0.39, 0.29) is 11.8 Å². The van der Waals surface area contributed by atoms with Crippen molar-refractivity contribution in [1.82, 2.24) is 9.80 Å². The van der Waals surface area contributed by atoms with Gasteiger partial charge < -0.3 is 9.80 Å². The second kappa shape index (κ2) is 16.1. The average Bonchev–Trinajstić information content (AvgIpc) is 2.61. The molecule has 0 saturated carbocycles. The third-order valence-corrected chi connectivity index (χ3v) is 4.91. The Balaban J connectivity index is 4.16. The summed E-state index contributed by atoms with van der Waals surface area (Å²) in [4.78, 5) is 25.5. The van der Waals surface area contributed by atoms with E-state index in [9.17, 15) is 9.59 Å². The van der Waals surface area contributed by atoms with Crippen molar-refractivity contribution in [2.24, 2.45) is 0 Å². The van der Waals surface area contributed by atoms with Crippen LogP contribution >= 0.6 is 46.4 Å². The number of amides is 2. The van der Waals surface area contributed by atoms with Crippen molar-refractivity contribution in [1.29, 1.82) is 0 Å². The van der Waals surface area contributed by atoms with E-state index in [1.807, 2.05) is 0 Å². The Labute approximate surface area is 178 Å². The normalized spacial score (nSPS) is 11.2. The quantitative estimate of drug-likeness (QED) is 0.247. The predicted octanol–water partition coefficient (Wildman–Crippen LogP) is 5.41. The second-order valence-electron chi connectivity index (χ2n) is 6.37. The molecule has 0 aromatic heterocycles. The third-order valence-electron chi connectivity index (χ3n) is 4.17. The minimum atomic E-state index is -0.996. The number of unbranched alkanes of at least 4 members (excludes halogenated alkanes) is 5. The van der Waals surface area contributed by atoms with E-state index in [0.29, 0.717) is 26.2 Å². The van der Waals surface area contributed by atoms with Gasteiger partial charge in [-0.2, -0.15) is 0 Å². The van der Waals surface area contributed by atoms with Gasteiger partial charge in [0.15, 0.2) is 9.67 Å². The summed E-state index contributed by atoms with van der Waals surface area (Å²) in [5, 5.41) is 0. The molecule has 0 atom stereocenters. The molecule has 8 heteroatoms. The number of alkyl halides is 4. The van der Waals surface area contributed by atoms with Gasteiger partial charge >= 0.3 is 0 Å². The molecule has 0 unspecified atom stereocenters. The van der Waals surface area contributed by atoms with Crippen LogP contribution in [0.1, 0.15) is 65.2 Å². The van der Waals surface area contributed by atoms with Crippen molar-refractivity contribution in [2.45, 2.75) is 74.9 Å². The largest absolute Gasteiger partial charge is 0.340 e. The van der Waals surface area contributed by atoms with Gasteiger partial charge in [-0.1, -0.05) is 85.9 Å². The summed E-state index contributed by atoms with van der Waals surface area (Å²) in [6.45, 7) is 6.88. The standard InChI is InChI=1S/C18H32Cl4N2O2/c1-3-5-11-23(17(25)15(19)20)13-9-7-8-10-14-24(12-6-4-2)18(26)16(21)22/h15-16H,3-14H2,1-2H3. The summed E-state index contributed by atoms with van der Waals surface area (Å²) < 4.78 is 0. The highest BCUT2D eigenvalue weighted by molar-refractivity contribution is 6.53. The Morgan fingerprint density at radius 2 is 0.923 bits per heavy atom. The number of hydrogen-bond acceptors (Lipinski definition) is 2. The maximum atomic E-state index is 12.0. The van der Waals surface area contributed by atoms with E-state index in [0.717, 1.165) is 51.4 Å². The van der Waals surface area contributed by atoms with Crippen molar-refractivity contribution in [3.63, 3.8) is 0 Å². The molecule has 0 heterocycles. The molecule has 0 rings (SSSR count). The molecule has 0 spiro atoms. The fourth-order valence-electron chi connectivity index (χ4n) is 2.60. The summed E-state index contributed by atoms with van der Waals surface area (Å²) >= 11 is 22.8. The smallest absolute Gasteiger partial charge is 0.255 e. The summed E-state index contributed by atoms with van der Waals surface area (Å²) in [5.74, 6) is -0.429. The van der Waals surface area contributed by atoms with Gasteiger partial charge in [-0.15, -0.1) is 0 Å². The van der Waals surface area contributed by atoms with Crippen LogP contribution in [-0.2, 0) is 9.59 Å². The molecular weight excluding hydrogens is 418 g/mol. The molecule has 0 aromatic carbocycles. The highest BCUT2D eigenvalue weighted by atomic mass is 35.5. The van der Waals surface area contributed by atoms with E-state index in [4.69, 9.17) is 46.4 Å². The fourth-order valence-corrected chi connectivity index (χ4v) is 3.15. The molecule has 2 amide bonds. The summed E-state index contributed by atoms with van der Waals surface area (Å²) in [5.41, 5.74) is 0. The molecule has 0 aromatic rings. The van der Waals surface area contributed by atoms with Gasteiger partial charge in [-0.05, 0) is 25.7 Å². The van der Waals surface area contributed by atoms with E-state index < -0.39 is 9.67 Å². The monoisotopic (exact) mass is 448 g/mol. The van der Waals surface area contributed by atoms with E-state index in [1.165, 1.54) is 0 Å². The SMILES string of the molecule is CCCCN(CCCCCCN(CCCC)C(=O)C(Cl)Cl)C(=O)C(Cl)Cl. The Morgan fingerprint density at radius 3 is 1.19 bits per heavy atom. The molecule has 4 nitrogen and oxygen atoms in total. The van der Waals surface area contributed by atoms with Crippen molar-refractivity contribution in [3.05, 3.63) is 0 Å². The first-order chi connectivity index (χ1) is 12.3. The van der Waals surface area contributed by atoms with Gasteiger partial charge in [0, 0.05) is 26.2 Å². The van der Waals surface area contributed by atoms with Crippen molar-refractivity contribution >= 4 is 58.2 Å². The fraction of sp³-hybridized carbons (Fsp3) is 0.889. The van der Waals surface area contributed by atoms with E-state index in [1.54, 1.807) is 9.80 Å². The number of hydrogen-bond donors (Lipinski definition) is 0. The molecule has 154 valence electrons. The van der Waals surface area contributed by atoms with Gasteiger partial charge in [-0.25, -0.2) is 0 Å². The van der Waals surface area contributed by atoms with Crippen molar-refractivity contribution in [2.75, 3.05) is 26.2 Å². The first-order valence-corrected chi connectivity index (χ1v) is 11.2. The highest BCUT2D eigenvalue weighted by Gasteiger charge is 2.20. The van der Waals surface area contributed by atoms with E-state index >= 15 is 0 Å². The topological polar surface area (TPSA) is 40.6 Å². The summed E-state index contributed by atoms with van der Waals surface area (Å²) in [6, 6.07) is 0. The van der Waals surface area contributed by atoms with Gasteiger partial charge in [-0.3, -0.25) is 9.59 Å². The second-order valence-corrected chi connectivity index (χ2v) is 8.57. The number of nitrogens with zero attached hydrogens (tertiary/aromatic N) is 2. The molecule has 0 aliphatic carbocycles. The maximum Gasteiger partial charge on any atom is 0.255 e. The van der Waals surface area contributed by atoms with Crippen LogP contribution in [-0.4, -0.2) is 57.5 Å². The van der Waals surface area contributed by atoms with Crippen LogP contribution in [0.4, 0.5) is 0 Å². The minimum absolute atomic E-state index is 0.214. The number of carbonyl (C=O) groups excluding carboxylic acids is 2. The summed E-state index contributed by atoms with van der Waals surface area (Å²) in [6.07, 6.45) is 7.67. The zero-order valence-corrected chi connectivity index (χ0v) is 18.9. The van der Waals surface area contributed by atoms with Crippen LogP contribution in [0.25, 0.3) is 0 Å². The first kappa shape index (κ1) is 26.1. The predicted molar refractivity (Wildman–Crippen MR) is 112 cm³/mol. The van der Waals surface area contributed by atoms with Crippen molar-refractivity contribution < 1.29 is 9.59 Å². The lowest BCUT2D eigenvalue weighted by atomic mass is 10.1. The zero-order valence-electron chi connectivity index (χ0n) is 15.9. The van der Waals surface area contributed by atoms with Crippen molar-refractivity contribution in [3.8, 4) is 0 Å². The Morgan fingerprint density at radius 1 is 0.615 bits per heavy atom. The highest BCUT2D eigenvalue weighted by Crippen LogP contribution is 2.13. The molecule has 26 heavy (non-hydrogen) atoms. The van der Waals surface area contributed by atoms with Crippen LogP contribution < -0.4 is 0 Å². The van der Waals surface area contributed by atoms with Crippen LogP contribution in [0.15, 0.2) is 0 Å². The molecule has 0 radical (unpaired) electrons. The maximum absolute atomic E-state index is 12.0. The Bertz CT molecular complexity index is 359. The van der Waals surface area contributed by atoms with E-state index in [2.05, 4.69) is 13.8 Å². The van der Waals surface area contributed by atoms with Crippen LogP contribution in [0, 0.1) is 0 Å². The first-order valence-electron chi connectivity index (χ1n) is 9.48. The zero-order chi connectivity index (χ0) is 19.9. The van der Waals surface area contributed by atoms with Crippen LogP contribution in [0.5, 0.6) is 0 Å². The van der Waals surface area contributed by atoms with Gasteiger partial charge in [0.2, 0.25) is 0 Å². The Kier molecular flexibility index (Phi) is 16.2. The minimum Gasteiger partial charge on any atom is -0.340 e. The molecule has 0 saturated heterocycles. The molecule has 0 aliphatic rings. The molecule has 0 aliphatic heterocycles. The lowest BCUT2D eigenvalue weighted by Gasteiger charge is -2.24. The summed E-state index contributed by atoms with van der Waals surface area (Å²) in [7, 11) is 0. The third kappa shape index (κ3) is 11.7. The van der Waals surface area contributed by atoms with Gasteiger partial charge in [0.25, 0.3) is 11.8 Å². The average molecular weight is 450 g/mol.